The molecule has 0 saturated carbocycles. The van der Waals surface area contributed by atoms with E-state index in [2.05, 4.69) is 0 Å². The smallest absolute Gasteiger partial charge is 0.240 e. The molecule has 0 aliphatic carbocycles. The molecule has 2 aliphatic heterocycles. The monoisotopic (exact) mass is 296 g/mol. The van der Waals surface area contributed by atoms with Crippen molar-refractivity contribution in [2.24, 2.45) is 5.73 Å². The van der Waals surface area contributed by atoms with Crippen molar-refractivity contribution in [3.63, 3.8) is 0 Å². The minimum absolute atomic E-state index is 0.0608. The van der Waals surface area contributed by atoms with E-state index in [9.17, 15) is 9.59 Å². The predicted octanol–water partition coefficient (Wildman–Crippen LogP) is 1.55. The molecule has 2 aliphatic rings. The number of amides is 2. The zero-order valence-corrected chi connectivity index (χ0v) is 12.1. The number of nitrogens with two attached hydrogens (primary N) is 1. The molecule has 2 N–H and O–H groups in total. The molecule has 2 amide bonds. The van der Waals surface area contributed by atoms with Crippen molar-refractivity contribution >= 4 is 34.9 Å². The van der Waals surface area contributed by atoms with Gasteiger partial charge in [0, 0.05) is 11.4 Å². The quantitative estimate of drug-likeness (QED) is 0.900. The van der Waals surface area contributed by atoms with E-state index in [0.29, 0.717) is 13.0 Å². The predicted molar refractivity (Wildman–Crippen MR) is 77.2 cm³/mol. The maximum atomic E-state index is 12.7. The van der Waals surface area contributed by atoms with E-state index in [1.807, 2.05) is 11.4 Å². The van der Waals surface area contributed by atoms with Crippen LogP contribution in [0.15, 0.2) is 11.4 Å². The van der Waals surface area contributed by atoms with Gasteiger partial charge >= 0.3 is 0 Å². The summed E-state index contributed by atoms with van der Waals surface area (Å²) in [5, 5.41) is 1.90. The number of thioether (sulfide) groups is 1. The Bertz CT molecular complexity index is 514. The summed E-state index contributed by atoms with van der Waals surface area (Å²) in [7, 11) is 0. The van der Waals surface area contributed by atoms with Crippen LogP contribution in [-0.4, -0.2) is 35.1 Å². The van der Waals surface area contributed by atoms with Crippen LogP contribution >= 0.6 is 23.1 Å². The molecule has 3 heterocycles. The van der Waals surface area contributed by atoms with E-state index in [0.717, 1.165) is 24.2 Å². The SMILES string of the molecule is NC(=O)[C@H]1CCCN1C(=O)[C@@H]1SCCc2sccc21. The third-order valence-electron chi connectivity index (χ3n) is 3.76. The summed E-state index contributed by atoms with van der Waals surface area (Å²) in [5.41, 5.74) is 6.53. The number of aryl methyl sites for hydroxylation is 1. The van der Waals surface area contributed by atoms with Gasteiger partial charge in [-0.1, -0.05) is 0 Å². The molecular formula is C13H16N2O2S2. The first kappa shape index (κ1) is 13.0. The van der Waals surface area contributed by atoms with Gasteiger partial charge in [0.05, 0.1) is 0 Å². The van der Waals surface area contributed by atoms with Gasteiger partial charge in [0.1, 0.15) is 11.3 Å². The lowest BCUT2D eigenvalue weighted by molar-refractivity contribution is -0.136. The molecule has 19 heavy (non-hydrogen) atoms. The van der Waals surface area contributed by atoms with E-state index in [4.69, 9.17) is 5.73 Å². The Balaban J connectivity index is 1.84. The molecule has 1 aromatic heterocycles. The van der Waals surface area contributed by atoms with Gasteiger partial charge in [0.2, 0.25) is 11.8 Å². The largest absolute Gasteiger partial charge is 0.368 e. The summed E-state index contributed by atoms with van der Waals surface area (Å²) in [6.45, 7) is 0.656. The standard InChI is InChI=1S/C13H16N2O2S2/c14-12(16)9-2-1-5-15(9)13(17)11-8-3-6-18-10(8)4-7-19-11/h3,6,9,11H,1-2,4-5,7H2,(H2,14,16)/t9-,11-/m1/s1. The van der Waals surface area contributed by atoms with Crippen LogP contribution in [0.25, 0.3) is 0 Å². The number of primary amides is 1. The highest BCUT2D eigenvalue weighted by molar-refractivity contribution is 8.00. The van der Waals surface area contributed by atoms with Crippen LogP contribution in [0.4, 0.5) is 0 Å². The summed E-state index contributed by atoms with van der Waals surface area (Å²) in [4.78, 5) is 27.1. The van der Waals surface area contributed by atoms with Crippen molar-refractivity contribution in [2.45, 2.75) is 30.6 Å². The van der Waals surface area contributed by atoms with Gasteiger partial charge in [-0.25, -0.2) is 0 Å². The third-order valence-corrected chi connectivity index (χ3v) is 5.99. The second kappa shape index (κ2) is 5.17. The number of nitrogens with zero attached hydrogens (tertiary/aromatic N) is 1. The van der Waals surface area contributed by atoms with Gasteiger partial charge in [-0.15, -0.1) is 23.1 Å². The molecule has 0 unspecified atom stereocenters. The van der Waals surface area contributed by atoms with Gasteiger partial charge in [-0.3, -0.25) is 9.59 Å². The fourth-order valence-electron chi connectivity index (χ4n) is 2.83. The Morgan fingerprint density at radius 3 is 3.05 bits per heavy atom. The maximum Gasteiger partial charge on any atom is 0.240 e. The van der Waals surface area contributed by atoms with Crippen LogP contribution in [-0.2, 0) is 16.0 Å². The minimum Gasteiger partial charge on any atom is -0.368 e. The van der Waals surface area contributed by atoms with E-state index in [1.54, 1.807) is 28.0 Å². The number of rotatable bonds is 2. The molecule has 0 aromatic carbocycles. The molecule has 3 rings (SSSR count). The molecule has 1 aromatic rings. The Hall–Kier alpha value is -1.01. The Morgan fingerprint density at radius 1 is 1.42 bits per heavy atom. The first-order valence-corrected chi connectivity index (χ1v) is 8.39. The molecule has 2 atom stereocenters. The molecule has 102 valence electrons. The van der Waals surface area contributed by atoms with Crippen LogP contribution in [0.1, 0.15) is 28.5 Å². The van der Waals surface area contributed by atoms with Crippen LogP contribution in [0.2, 0.25) is 0 Å². The normalized spacial score (nSPS) is 26.2. The molecule has 0 radical (unpaired) electrons. The second-order valence-electron chi connectivity index (χ2n) is 4.89. The lowest BCUT2D eigenvalue weighted by atomic mass is 10.1. The second-order valence-corrected chi connectivity index (χ2v) is 7.11. The Kier molecular flexibility index (Phi) is 3.54. The number of fused-ring (bicyclic) bond motifs is 1. The number of likely N-dealkylation sites (tertiary alicyclic amines) is 1. The highest BCUT2D eigenvalue weighted by atomic mass is 32.2. The minimum atomic E-state index is -0.405. The number of thiophene rings is 1. The average molecular weight is 296 g/mol. The Labute approximate surface area is 120 Å². The molecule has 4 nitrogen and oxygen atoms in total. The van der Waals surface area contributed by atoms with Crippen molar-refractivity contribution < 1.29 is 9.59 Å². The van der Waals surface area contributed by atoms with Crippen LogP contribution in [0, 0.1) is 0 Å². The van der Waals surface area contributed by atoms with Gasteiger partial charge in [-0.2, -0.15) is 0 Å². The highest BCUT2D eigenvalue weighted by Gasteiger charge is 2.38. The van der Waals surface area contributed by atoms with Crippen molar-refractivity contribution in [1.29, 1.82) is 0 Å². The zero-order valence-electron chi connectivity index (χ0n) is 10.5. The average Bonchev–Trinajstić information content (AvgIpc) is 3.05. The first-order valence-electron chi connectivity index (χ1n) is 6.46. The van der Waals surface area contributed by atoms with E-state index in [-0.39, 0.29) is 17.1 Å². The van der Waals surface area contributed by atoms with E-state index >= 15 is 0 Å². The lowest BCUT2D eigenvalue weighted by Crippen LogP contribution is -2.45. The maximum absolute atomic E-state index is 12.7. The lowest BCUT2D eigenvalue weighted by Gasteiger charge is -2.29. The number of carbonyl (C=O) groups is 2. The van der Waals surface area contributed by atoms with Gasteiger partial charge < -0.3 is 10.6 Å². The third kappa shape index (κ3) is 2.27. The summed E-state index contributed by atoms with van der Waals surface area (Å²) < 4.78 is 0. The number of carbonyl (C=O) groups excluding carboxylic acids is 2. The van der Waals surface area contributed by atoms with Crippen molar-refractivity contribution in [3.8, 4) is 0 Å². The van der Waals surface area contributed by atoms with Gasteiger partial charge in [0.15, 0.2) is 0 Å². The zero-order chi connectivity index (χ0) is 13.4. The van der Waals surface area contributed by atoms with Crippen molar-refractivity contribution in [2.75, 3.05) is 12.3 Å². The van der Waals surface area contributed by atoms with Gasteiger partial charge in [0.25, 0.3) is 0 Å². The number of hydrogen-bond donors (Lipinski definition) is 1. The topological polar surface area (TPSA) is 63.4 Å². The van der Waals surface area contributed by atoms with Gasteiger partial charge in [-0.05, 0) is 42.0 Å². The van der Waals surface area contributed by atoms with E-state index < -0.39 is 6.04 Å². The van der Waals surface area contributed by atoms with Crippen molar-refractivity contribution in [3.05, 3.63) is 21.9 Å². The first-order chi connectivity index (χ1) is 9.18. The number of hydrogen-bond acceptors (Lipinski definition) is 4. The highest BCUT2D eigenvalue weighted by Crippen LogP contribution is 2.41. The molecule has 0 spiro atoms. The van der Waals surface area contributed by atoms with Crippen LogP contribution in [0.3, 0.4) is 0 Å². The van der Waals surface area contributed by atoms with Crippen molar-refractivity contribution in [1.82, 2.24) is 4.90 Å². The molecule has 0 bridgehead atoms. The van der Waals surface area contributed by atoms with E-state index in [1.165, 1.54) is 4.88 Å². The summed E-state index contributed by atoms with van der Waals surface area (Å²) in [6.07, 6.45) is 2.61. The van der Waals surface area contributed by atoms with Crippen LogP contribution < -0.4 is 5.73 Å². The Morgan fingerprint density at radius 2 is 2.26 bits per heavy atom. The summed E-state index contributed by atoms with van der Waals surface area (Å²) >= 11 is 3.40. The molecule has 1 saturated heterocycles. The molecular weight excluding hydrogens is 280 g/mol. The fraction of sp³-hybridized carbons (Fsp3) is 0.538. The summed E-state index contributed by atoms with van der Waals surface area (Å²) in [6, 6.07) is 1.64. The fourth-order valence-corrected chi connectivity index (χ4v) is 5.19. The summed E-state index contributed by atoms with van der Waals surface area (Å²) in [5.74, 6) is 0.654. The molecule has 6 heteroatoms. The van der Waals surface area contributed by atoms with Crippen LogP contribution in [0.5, 0.6) is 0 Å². The molecule has 1 fully saturated rings.